The fourth-order valence-corrected chi connectivity index (χ4v) is 3.47. The lowest BCUT2D eigenvalue weighted by molar-refractivity contribution is -0.133. The monoisotopic (exact) mass is 421 g/mol. The summed E-state index contributed by atoms with van der Waals surface area (Å²) in [6.07, 6.45) is 0.889. The molecule has 1 aliphatic carbocycles. The van der Waals surface area contributed by atoms with Crippen LogP contribution in [0.1, 0.15) is 41.0 Å². The van der Waals surface area contributed by atoms with Crippen LogP contribution in [0.4, 0.5) is 0 Å². The largest absolute Gasteiger partial charge is 0.422 e. The average molecular weight is 422 g/mol. The summed E-state index contributed by atoms with van der Waals surface area (Å²) in [4.78, 5) is 49.1. The van der Waals surface area contributed by atoms with Gasteiger partial charge in [-0.2, -0.15) is 5.10 Å². The summed E-state index contributed by atoms with van der Waals surface area (Å²) in [6, 6.07) is 4.78. The maximum absolute atomic E-state index is 12.9. The molecule has 1 N–H and O–H groups in total. The van der Waals surface area contributed by atoms with Crippen LogP contribution < -0.4 is 5.69 Å². The molecule has 1 aliphatic rings. The van der Waals surface area contributed by atoms with Crippen LogP contribution in [0.5, 0.6) is 0 Å². The lowest BCUT2D eigenvalue weighted by Crippen LogP contribution is -2.36. The Kier molecular flexibility index (Phi) is 4.90. The Balaban J connectivity index is 2.01. The molecule has 8 nitrogen and oxygen atoms in total. The van der Waals surface area contributed by atoms with E-state index in [2.05, 4.69) is 21.0 Å². The van der Waals surface area contributed by atoms with Gasteiger partial charge in [0.2, 0.25) is 0 Å². The van der Waals surface area contributed by atoms with Crippen molar-refractivity contribution in [2.45, 2.75) is 32.7 Å². The number of rotatable bonds is 4. The number of hydrogen-bond donors (Lipinski definition) is 1. The van der Waals surface area contributed by atoms with Crippen molar-refractivity contribution in [3.63, 3.8) is 0 Å². The van der Waals surface area contributed by atoms with Gasteiger partial charge in [0.1, 0.15) is 5.92 Å². The zero-order valence-corrected chi connectivity index (χ0v) is 15.5. The minimum atomic E-state index is -1.28. The fourth-order valence-electron chi connectivity index (χ4n) is 3.06. The smallest absolute Gasteiger partial charge is 0.379 e. The summed E-state index contributed by atoms with van der Waals surface area (Å²) >= 11 is 3.31. The molecule has 0 atom stereocenters. The van der Waals surface area contributed by atoms with Gasteiger partial charge in [0.25, 0.3) is 0 Å². The van der Waals surface area contributed by atoms with Gasteiger partial charge >= 0.3 is 5.69 Å². The number of Topliss-reactive ketones (excluding diaryl/α,β-unsaturated/α-hetero) is 3. The van der Waals surface area contributed by atoms with E-state index in [1.807, 2.05) is 0 Å². The fraction of sp³-hybridized carbons (Fsp3) is 0.353. The summed E-state index contributed by atoms with van der Waals surface area (Å²) in [5.41, 5.74) is -0.125. The van der Waals surface area contributed by atoms with Gasteiger partial charge in [-0.15, -0.1) is 4.73 Å². The molecule has 26 heavy (non-hydrogen) atoms. The Labute approximate surface area is 156 Å². The van der Waals surface area contributed by atoms with Gasteiger partial charge in [0.05, 0.1) is 6.54 Å². The Bertz CT molecular complexity index is 959. The number of aromatic nitrogens is 3. The van der Waals surface area contributed by atoms with E-state index in [1.165, 1.54) is 13.0 Å². The number of aryl methyl sites for hydroxylation is 1. The number of ketones is 3. The van der Waals surface area contributed by atoms with Crippen LogP contribution in [0, 0.1) is 12.8 Å². The van der Waals surface area contributed by atoms with E-state index in [1.54, 1.807) is 12.1 Å². The SMILES string of the molecule is Cc1nn(Cc2cc(Br)ccc2C(=O)C2C(=O)CCCC2=O)c(=O)n1O. The standard InChI is InChI=1S/C17H16BrN3O5/c1-9-19-20(17(25)21(9)26)8-10-7-11(18)5-6-12(10)16(24)15-13(22)3-2-4-14(15)23/h5-7,15,26H,2-4,8H2,1H3. The van der Waals surface area contributed by atoms with Crippen molar-refractivity contribution in [1.82, 2.24) is 14.5 Å². The topological polar surface area (TPSA) is 111 Å². The number of halogens is 1. The molecule has 0 spiro atoms. The Morgan fingerprint density at radius 3 is 2.50 bits per heavy atom. The molecule has 136 valence electrons. The maximum Gasteiger partial charge on any atom is 0.379 e. The van der Waals surface area contributed by atoms with Crippen LogP contribution in [-0.4, -0.2) is 37.1 Å². The van der Waals surface area contributed by atoms with Gasteiger partial charge in [-0.3, -0.25) is 14.4 Å². The van der Waals surface area contributed by atoms with Crippen molar-refractivity contribution in [2.75, 3.05) is 0 Å². The van der Waals surface area contributed by atoms with E-state index >= 15 is 0 Å². The quantitative estimate of drug-likeness (QED) is 0.455. The van der Waals surface area contributed by atoms with E-state index in [0.29, 0.717) is 21.2 Å². The van der Waals surface area contributed by atoms with Gasteiger partial charge in [0.15, 0.2) is 23.2 Å². The second-order valence-electron chi connectivity index (χ2n) is 6.18. The first-order chi connectivity index (χ1) is 12.3. The first kappa shape index (κ1) is 18.2. The van der Waals surface area contributed by atoms with Crippen molar-refractivity contribution in [1.29, 1.82) is 0 Å². The lowest BCUT2D eigenvalue weighted by Gasteiger charge is -2.19. The van der Waals surface area contributed by atoms with Crippen molar-refractivity contribution >= 4 is 33.3 Å². The van der Waals surface area contributed by atoms with E-state index in [9.17, 15) is 24.4 Å². The molecule has 1 heterocycles. The zero-order valence-electron chi connectivity index (χ0n) is 13.9. The predicted octanol–water partition coefficient (Wildman–Crippen LogP) is 1.52. The van der Waals surface area contributed by atoms with Crippen molar-refractivity contribution in [2.24, 2.45) is 5.92 Å². The van der Waals surface area contributed by atoms with Crippen molar-refractivity contribution in [3.05, 3.63) is 50.1 Å². The van der Waals surface area contributed by atoms with Gasteiger partial charge in [-0.05, 0) is 37.1 Å². The van der Waals surface area contributed by atoms with Crippen LogP contribution in [0.2, 0.25) is 0 Å². The summed E-state index contributed by atoms with van der Waals surface area (Å²) in [5.74, 6) is -2.47. The van der Waals surface area contributed by atoms with E-state index < -0.39 is 17.4 Å². The van der Waals surface area contributed by atoms with Crippen LogP contribution in [-0.2, 0) is 16.1 Å². The van der Waals surface area contributed by atoms with Gasteiger partial charge in [0, 0.05) is 22.9 Å². The summed E-state index contributed by atoms with van der Waals surface area (Å²) < 4.78 is 2.09. The van der Waals surface area contributed by atoms with Crippen molar-refractivity contribution < 1.29 is 19.6 Å². The molecule has 1 fully saturated rings. The molecule has 1 saturated carbocycles. The van der Waals surface area contributed by atoms with E-state index in [-0.39, 0.29) is 42.3 Å². The number of carbonyl (C=O) groups is 3. The third-order valence-electron chi connectivity index (χ3n) is 4.38. The molecule has 0 saturated heterocycles. The van der Waals surface area contributed by atoms with Gasteiger partial charge < -0.3 is 5.21 Å². The highest BCUT2D eigenvalue weighted by molar-refractivity contribution is 9.10. The molecule has 9 heteroatoms. The third-order valence-corrected chi connectivity index (χ3v) is 4.87. The first-order valence-corrected chi connectivity index (χ1v) is 8.82. The maximum atomic E-state index is 12.9. The van der Waals surface area contributed by atoms with E-state index in [0.717, 1.165) is 4.68 Å². The Hall–Kier alpha value is -2.55. The highest BCUT2D eigenvalue weighted by atomic mass is 79.9. The number of carbonyl (C=O) groups excluding carboxylic acids is 3. The predicted molar refractivity (Wildman–Crippen MR) is 93.3 cm³/mol. The first-order valence-electron chi connectivity index (χ1n) is 8.03. The molecule has 0 radical (unpaired) electrons. The average Bonchev–Trinajstić information content (AvgIpc) is 2.82. The molecule has 2 aromatic rings. The van der Waals surface area contributed by atoms with Gasteiger partial charge in [-0.1, -0.05) is 15.9 Å². The molecule has 1 aromatic heterocycles. The molecular weight excluding hydrogens is 406 g/mol. The minimum absolute atomic E-state index is 0.0805. The number of nitrogens with zero attached hydrogens (tertiary/aromatic N) is 3. The second kappa shape index (κ2) is 6.99. The lowest BCUT2D eigenvalue weighted by atomic mass is 9.81. The Morgan fingerprint density at radius 1 is 1.27 bits per heavy atom. The second-order valence-corrected chi connectivity index (χ2v) is 7.10. The molecule has 0 bridgehead atoms. The summed E-state index contributed by atoms with van der Waals surface area (Å²) in [7, 11) is 0. The van der Waals surface area contributed by atoms with Crippen molar-refractivity contribution in [3.8, 4) is 0 Å². The highest BCUT2D eigenvalue weighted by Gasteiger charge is 2.37. The third kappa shape index (κ3) is 3.26. The summed E-state index contributed by atoms with van der Waals surface area (Å²) in [5, 5.41) is 13.5. The normalized spacial score (nSPS) is 15.5. The van der Waals surface area contributed by atoms with Crippen LogP contribution in [0.3, 0.4) is 0 Å². The number of benzene rings is 1. The highest BCUT2D eigenvalue weighted by Crippen LogP contribution is 2.25. The van der Waals surface area contributed by atoms with Crippen LogP contribution >= 0.6 is 15.9 Å². The van der Waals surface area contributed by atoms with Crippen LogP contribution in [0.15, 0.2) is 27.5 Å². The molecule has 0 unspecified atom stereocenters. The molecule has 0 aliphatic heterocycles. The molecule has 0 amide bonds. The number of hydrogen-bond acceptors (Lipinski definition) is 6. The molecule has 1 aromatic carbocycles. The van der Waals surface area contributed by atoms with E-state index in [4.69, 9.17) is 0 Å². The van der Waals surface area contributed by atoms with Gasteiger partial charge in [-0.25, -0.2) is 9.48 Å². The zero-order chi connectivity index (χ0) is 19.0. The van der Waals surface area contributed by atoms with Crippen LogP contribution in [0.25, 0.3) is 0 Å². The minimum Gasteiger partial charge on any atom is -0.422 e. The molecule has 3 rings (SSSR count). The summed E-state index contributed by atoms with van der Waals surface area (Å²) in [6.45, 7) is 1.38. The molecular formula is C17H16BrN3O5. The Morgan fingerprint density at radius 2 is 1.92 bits per heavy atom.